The first-order valence-corrected chi connectivity index (χ1v) is 6.23. The number of aromatic nitrogens is 2. The van der Waals surface area contributed by atoms with Crippen LogP contribution in [0.25, 0.3) is 10.9 Å². The first kappa shape index (κ1) is 12.4. The minimum atomic E-state index is 0.401. The van der Waals surface area contributed by atoms with Crippen molar-refractivity contribution in [2.45, 2.75) is 0 Å². The van der Waals surface area contributed by atoms with E-state index in [0.717, 1.165) is 5.39 Å². The summed E-state index contributed by atoms with van der Waals surface area (Å²) < 4.78 is 5.70. The summed E-state index contributed by atoms with van der Waals surface area (Å²) in [6.45, 7) is 0. The first-order chi connectivity index (χ1) is 9.78. The highest BCUT2D eigenvalue weighted by atomic mass is 35.5. The summed E-state index contributed by atoms with van der Waals surface area (Å²) in [6.07, 6.45) is 3.14. The van der Waals surface area contributed by atoms with Gasteiger partial charge in [0.15, 0.2) is 5.75 Å². The predicted octanol–water partition coefficient (Wildman–Crippen LogP) is 3.95. The first-order valence-electron chi connectivity index (χ1n) is 5.85. The minimum absolute atomic E-state index is 0.401. The van der Waals surface area contributed by atoms with Crippen LogP contribution >= 0.6 is 11.6 Å². The Labute approximate surface area is 120 Å². The average Bonchev–Trinajstić information content (AvgIpc) is 2.51. The zero-order valence-corrected chi connectivity index (χ0v) is 11.0. The van der Waals surface area contributed by atoms with Gasteiger partial charge in [0.25, 0.3) is 0 Å². The highest BCUT2D eigenvalue weighted by Crippen LogP contribution is 2.31. The number of benzene rings is 1. The van der Waals surface area contributed by atoms with Crippen molar-refractivity contribution in [3.63, 3.8) is 0 Å². The van der Waals surface area contributed by atoms with E-state index in [9.17, 15) is 0 Å². The molecule has 1 aromatic carbocycles. The number of ether oxygens (including phenoxy) is 1. The molecule has 5 heteroatoms. The highest BCUT2D eigenvalue weighted by Gasteiger charge is 2.08. The third-order valence-corrected chi connectivity index (χ3v) is 3.09. The zero-order valence-electron chi connectivity index (χ0n) is 10.2. The smallest absolute Gasteiger partial charge is 0.219 e. The molecule has 20 heavy (non-hydrogen) atoms. The van der Waals surface area contributed by atoms with Crippen LogP contribution in [0.2, 0.25) is 5.02 Å². The summed E-state index contributed by atoms with van der Waals surface area (Å²) in [5.41, 5.74) is 1.16. The predicted molar refractivity (Wildman–Crippen MR) is 75.8 cm³/mol. The van der Waals surface area contributed by atoms with Gasteiger partial charge in [0.2, 0.25) is 5.88 Å². The van der Waals surface area contributed by atoms with Crippen LogP contribution in [-0.2, 0) is 0 Å². The molecule has 3 rings (SSSR count). The fourth-order valence-corrected chi connectivity index (χ4v) is 2.03. The second-order valence-electron chi connectivity index (χ2n) is 4.04. The molecule has 0 spiro atoms. The third kappa shape index (κ3) is 2.27. The van der Waals surface area contributed by atoms with Crippen LogP contribution in [0.5, 0.6) is 11.6 Å². The van der Waals surface area contributed by atoms with Crippen LogP contribution in [0, 0.1) is 11.3 Å². The Morgan fingerprint density at radius 3 is 2.75 bits per heavy atom. The van der Waals surface area contributed by atoms with Gasteiger partial charge in [0, 0.05) is 23.8 Å². The van der Waals surface area contributed by atoms with Gasteiger partial charge in [-0.2, -0.15) is 5.26 Å². The van der Waals surface area contributed by atoms with Crippen molar-refractivity contribution in [1.82, 2.24) is 9.97 Å². The van der Waals surface area contributed by atoms with Crippen molar-refractivity contribution in [3.05, 3.63) is 59.4 Å². The Morgan fingerprint density at radius 2 is 2.00 bits per heavy atom. The van der Waals surface area contributed by atoms with Gasteiger partial charge < -0.3 is 4.74 Å². The molecule has 96 valence electrons. The van der Waals surface area contributed by atoms with E-state index in [4.69, 9.17) is 21.6 Å². The molecule has 0 N–H and O–H groups in total. The second-order valence-corrected chi connectivity index (χ2v) is 4.45. The third-order valence-electron chi connectivity index (χ3n) is 2.76. The van der Waals surface area contributed by atoms with Crippen molar-refractivity contribution in [2.24, 2.45) is 0 Å². The van der Waals surface area contributed by atoms with E-state index in [-0.39, 0.29) is 0 Å². The Bertz CT molecular complexity index is 809. The fraction of sp³-hybridized carbons (Fsp3) is 0. The Kier molecular flexibility index (Phi) is 3.20. The molecule has 0 unspecified atom stereocenters. The largest absolute Gasteiger partial charge is 0.437 e. The standard InChI is InChI=1S/C15H8ClN3O/c16-12-4-5-13(15-11(12)2-1-7-18-15)20-14-6-3-10(8-17)9-19-14/h1-7,9H. The quantitative estimate of drug-likeness (QED) is 0.714. The molecule has 3 aromatic rings. The van der Waals surface area contributed by atoms with Gasteiger partial charge in [0.1, 0.15) is 11.6 Å². The summed E-state index contributed by atoms with van der Waals surface area (Å²) in [5, 5.41) is 10.2. The van der Waals surface area contributed by atoms with Gasteiger partial charge in [-0.1, -0.05) is 11.6 Å². The molecule has 2 heterocycles. The van der Waals surface area contributed by atoms with Crippen LogP contribution < -0.4 is 4.74 Å². The van der Waals surface area contributed by atoms with Crippen LogP contribution in [0.3, 0.4) is 0 Å². The number of rotatable bonds is 2. The molecule has 0 saturated carbocycles. The van der Waals surface area contributed by atoms with Crippen LogP contribution in [0.4, 0.5) is 0 Å². The Balaban J connectivity index is 2.02. The summed E-state index contributed by atoms with van der Waals surface area (Å²) >= 11 is 6.12. The molecule has 2 aromatic heterocycles. The maximum Gasteiger partial charge on any atom is 0.219 e. The van der Waals surface area contributed by atoms with E-state index in [1.807, 2.05) is 18.2 Å². The molecule has 0 bridgehead atoms. The van der Waals surface area contributed by atoms with Gasteiger partial charge in [-0.05, 0) is 30.3 Å². The van der Waals surface area contributed by atoms with Gasteiger partial charge in [-0.15, -0.1) is 0 Å². The molecule has 0 aliphatic carbocycles. The van der Waals surface area contributed by atoms with Crippen LogP contribution in [-0.4, -0.2) is 9.97 Å². The molecule has 0 atom stereocenters. The van der Waals surface area contributed by atoms with Crippen molar-refractivity contribution < 1.29 is 4.74 Å². The number of hydrogen-bond donors (Lipinski definition) is 0. The molecule has 0 aliphatic rings. The molecular weight excluding hydrogens is 274 g/mol. The summed E-state index contributed by atoms with van der Waals surface area (Å²) in [6, 6.07) is 12.5. The molecular formula is C15H8ClN3O. The van der Waals surface area contributed by atoms with Gasteiger partial charge in [0.05, 0.1) is 10.6 Å². The van der Waals surface area contributed by atoms with Crippen molar-refractivity contribution in [3.8, 4) is 17.7 Å². The lowest BCUT2D eigenvalue weighted by Crippen LogP contribution is -1.91. The number of nitriles is 1. The second kappa shape index (κ2) is 5.16. The SMILES string of the molecule is N#Cc1ccc(Oc2ccc(Cl)c3cccnc23)nc1. The lowest BCUT2D eigenvalue weighted by Gasteiger charge is -2.08. The lowest BCUT2D eigenvalue weighted by atomic mass is 10.2. The molecule has 0 saturated heterocycles. The summed E-state index contributed by atoms with van der Waals surface area (Å²) in [7, 11) is 0. The van der Waals surface area contributed by atoms with Gasteiger partial charge in [-0.3, -0.25) is 4.98 Å². The molecule has 0 fully saturated rings. The number of nitrogens with zero attached hydrogens (tertiary/aromatic N) is 3. The number of halogens is 1. The van der Waals surface area contributed by atoms with Crippen molar-refractivity contribution in [1.29, 1.82) is 5.26 Å². The van der Waals surface area contributed by atoms with E-state index >= 15 is 0 Å². The maximum absolute atomic E-state index is 8.73. The molecule has 0 aliphatic heterocycles. The molecule has 4 nitrogen and oxygen atoms in total. The summed E-state index contributed by atoms with van der Waals surface area (Å²) in [4.78, 5) is 8.35. The van der Waals surface area contributed by atoms with E-state index in [0.29, 0.717) is 27.7 Å². The molecule has 0 radical (unpaired) electrons. The highest BCUT2D eigenvalue weighted by molar-refractivity contribution is 6.35. The van der Waals surface area contributed by atoms with E-state index in [2.05, 4.69) is 9.97 Å². The topological polar surface area (TPSA) is 58.8 Å². The zero-order chi connectivity index (χ0) is 13.9. The lowest BCUT2D eigenvalue weighted by molar-refractivity contribution is 0.467. The monoisotopic (exact) mass is 281 g/mol. The van der Waals surface area contributed by atoms with Crippen LogP contribution in [0.15, 0.2) is 48.8 Å². The normalized spacial score (nSPS) is 10.2. The number of pyridine rings is 2. The molecule has 0 amide bonds. The maximum atomic E-state index is 8.73. The van der Waals surface area contributed by atoms with E-state index < -0.39 is 0 Å². The minimum Gasteiger partial charge on any atom is -0.437 e. The number of fused-ring (bicyclic) bond motifs is 1. The van der Waals surface area contributed by atoms with Gasteiger partial charge in [-0.25, -0.2) is 4.98 Å². The van der Waals surface area contributed by atoms with E-state index in [1.165, 1.54) is 6.20 Å². The van der Waals surface area contributed by atoms with Crippen molar-refractivity contribution in [2.75, 3.05) is 0 Å². The van der Waals surface area contributed by atoms with Gasteiger partial charge >= 0.3 is 0 Å². The number of hydrogen-bond acceptors (Lipinski definition) is 4. The average molecular weight is 282 g/mol. The van der Waals surface area contributed by atoms with Crippen LogP contribution in [0.1, 0.15) is 5.56 Å². The fourth-order valence-electron chi connectivity index (χ4n) is 1.81. The Morgan fingerprint density at radius 1 is 1.10 bits per heavy atom. The van der Waals surface area contributed by atoms with Crippen molar-refractivity contribution >= 4 is 22.5 Å². The Hall–Kier alpha value is -2.64. The van der Waals surface area contributed by atoms with E-state index in [1.54, 1.807) is 30.5 Å². The summed E-state index contributed by atoms with van der Waals surface area (Å²) in [5.74, 6) is 0.973.